The fraction of sp³-hybridized carbons (Fsp3) is 0.107. The van der Waals surface area contributed by atoms with E-state index in [0.29, 0.717) is 0 Å². The van der Waals surface area contributed by atoms with Gasteiger partial charge in [0.25, 0.3) is 0 Å². The lowest BCUT2D eigenvalue weighted by atomic mass is 9.73. The highest BCUT2D eigenvalue weighted by Gasteiger charge is 2.38. The number of aromatic nitrogens is 2. The van der Waals surface area contributed by atoms with Gasteiger partial charge in [0.15, 0.2) is 0 Å². The van der Waals surface area contributed by atoms with Crippen molar-refractivity contribution in [2.24, 2.45) is 0 Å². The van der Waals surface area contributed by atoms with E-state index < -0.39 is 0 Å². The molecule has 4 nitrogen and oxygen atoms in total. The van der Waals surface area contributed by atoms with Crippen LogP contribution in [-0.2, 0) is 10.8 Å². The van der Waals surface area contributed by atoms with E-state index in [1.165, 1.54) is 72.5 Å². The maximum absolute atomic E-state index is 4.90. The van der Waals surface area contributed by atoms with E-state index in [-0.39, 0.29) is 10.8 Å². The Hall–Kier alpha value is -7.30. The smallest absolute Gasteiger partial charge is 0.0972 e. The summed E-state index contributed by atoms with van der Waals surface area (Å²) in [5.74, 6) is 0. The molecular weight excluding hydrogens is 729 g/mol. The monoisotopic (exact) mass is 770 g/mol. The molecule has 9 aromatic rings. The molecule has 1 aromatic heterocycles. The minimum absolute atomic E-state index is 0.114. The normalized spacial score (nSPS) is 14.9. The Morgan fingerprint density at radius 1 is 0.383 bits per heavy atom. The molecule has 0 atom stereocenters. The van der Waals surface area contributed by atoms with Crippen molar-refractivity contribution in [3.63, 3.8) is 0 Å². The van der Waals surface area contributed by atoms with E-state index in [1.807, 2.05) is 6.20 Å². The van der Waals surface area contributed by atoms with Gasteiger partial charge < -0.3 is 9.80 Å². The van der Waals surface area contributed by atoms with Gasteiger partial charge in [-0.05, 0) is 104 Å². The molecule has 0 saturated carbocycles. The first-order chi connectivity index (χ1) is 29.3. The van der Waals surface area contributed by atoms with Crippen LogP contribution in [0.25, 0.3) is 55.5 Å². The van der Waals surface area contributed by atoms with Crippen molar-refractivity contribution in [1.29, 1.82) is 0 Å². The van der Waals surface area contributed by atoms with Gasteiger partial charge in [-0.25, -0.2) is 0 Å². The minimum atomic E-state index is -0.114. The summed E-state index contributed by atoms with van der Waals surface area (Å²) < 4.78 is 0. The van der Waals surface area contributed by atoms with Crippen LogP contribution < -0.4 is 9.80 Å². The SMILES string of the molecule is CC1(C)c2ccccc2N(c2ccc(-c3cc4c5c(cccc5c3-c3ccc(N5c6ccccc6C(C)(C)c6ccccc65)cc3)-c3nccnc3-4)cc2)c2ccccc21. The predicted molar refractivity (Wildman–Crippen MR) is 248 cm³/mol. The Kier molecular flexibility index (Phi) is 7.29. The topological polar surface area (TPSA) is 32.3 Å². The van der Waals surface area contributed by atoms with E-state index >= 15 is 0 Å². The van der Waals surface area contributed by atoms with Gasteiger partial charge in [0, 0.05) is 51.1 Å². The summed E-state index contributed by atoms with van der Waals surface area (Å²) in [5.41, 5.74) is 21.1. The van der Waals surface area contributed by atoms with Crippen molar-refractivity contribution in [3.05, 3.63) is 205 Å². The summed E-state index contributed by atoms with van der Waals surface area (Å²) in [7, 11) is 0. The van der Waals surface area contributed by atoms with Gasteiger partial charge in [-0.1, -0.05) is 143 Å². The van der Waals surface area contributed by atoms with Gasteiger partial charge in [-0.3, -0.25) is 9.97 Å². The molecular formula is C56H42N4. The summed E-state index contributed by atoms with van der Waals surface area (Å²) in [6, 6.07) is 62.8. The molecule has 0 spiro atoms. The molecule has 3 heterocycles. The number of fused-ring (bicyclic) bond motifs is 7. The number of anilines is 6. The maximum atomic E-state index is 4.90. The third-order valence-corrected chi connectivity index (χ3v) is 13.5. The highest BCUT2D eigenvalue weighted by molar-refractivity contribution is 6.20. The van der Waals surface area contributed by atoms with Crippen molar-refractivity contribution in [2.75, 3.05) is 9.80 Å². The van der Waals surface area contributed by atoms with E-state index in [1.54, 1.807) is 6.20 Å². The van der Waals surface area contributed by atoms with Gasteiger partial charge >= 0.3 is 0 Å². The zero-order valence-electron chi connectivity index (χ0n) is 34.1. The van der Waals surface area contributed by atoms with Crippen LogP contribution in [0.3, 0.4) is 0 Å². The largest absolute Gasteiger partial charge is 0.310 e. The van der Waals surface area contributed by atoms with Crippen LogP contribution in [0.15, 0.2) is 182 Å². The lowest BCUT2D eigenvalue weighted by Crippen LogP contribution is -2.30. The number of nitrogens with zero attached hydrogens (tertiary/aromatic N) is 4. The summed E-state index contributed by atoms with van der Waals surface area (Å²) in [6.07, 6.45) is 3.62. The summed E-state index contributed by atoms with van der Waals surface area (Å²) in [5, 5.41) is 2.41. The predicted octanol–water partition coefficient (Wildman–Crippen LogP) is 14.8. The summed E-state index contributed by atoms with van der Waals surface area (Å²) >= 11 is 0. The van der Waals surface area contributed by atoms with Crippen LogP contribution in [0, 0.1) is 0 Å². The van der Waals surface area contributed by atoms with Crippen LogP contribution in [0.4, 0.5) is 34.1 Å². The third-order valence-electron chi connectivity index (χ3n) is 13.5. The van der Waals surface area contributed by atoms with Crippen molar-refractivity contribution >= 4 is 44.9 Å². The van der Waals surface area contributed by atoms with Gasteiger partial charge in [-0.15, -0.1) is 0 Å². The second kappa shape index (κ2) is 12.6. The molecule has 0 fully saturated rings. The zero-order chi connectivity index (χ0) is 40.3. The molecule has 12 rings (SSSR count). The fourth-order valence-corrected chi connectivity index (χ4v) is 10.6. The summed E-state index contributed by atoms with van der Waals surface area (Å²) in [6.45, 7) is 9.34. The van der Waals surface area contributed by atoms with Gasteiger partial charge in [-0.2, -0.15) is 0 Å². The standard InChI is InChI=1S/C56H42N4/c1-55(2)43-16-5-9-20-47(43)59(48-21-10-6-17-44(48)55)37-28-24-35(25-29-37)41-34-42-52-39(14-13-15-40(52)53-54(42)58-33-32-57-53)51(41)36-26-30-38(31-27-36)60-49-22-11-7-18-45(49)56(3,4)46-19-8-12-23-50(46)60/h5-34H,1-4H3. The molecule has 2 aliphatic heterocycles. The molecule has 0 N–H and O–H groups in total. The van der Waals surface area contributed by atoms with E-state index in [4.69, 9.17) is 9.97 Å². The molecule has 4 heteroatoms. The molecule has 0 saturated heterocycles. The Balaban J connectivity index is 1.03. The first-order valence-electron chi connectivity index (χ1n) is 20.9. The van der Waals surface area contributed by atoms with Crippen LogP contribution >= 0.6 is 0 Å². The molecule has 0 radical (unpaired) electrons. The quantitative estimate of drug-likeness (QED) is 0.178. The second-order valence-electron chi connectivity index (χ2n) is 17.4. The number of hydrogen-bond donors (Lipinski definition) is 0. The number of hydrogen-bond acceptors (Lipinski definition) is 4. The average molecular weight is 771 g/mol. The van der Waals surface area contributed by atoms with Crippen molar-refractivity contribution in [2.45, 2.75) is 38.5 Å². The van der Waals surface area contributed by atoms with E-state index in [9.17, 15) is 0 Å². The summed E-state index contributed by atoms with van der Waals surface area (Å²) in [4.78, 5) is 14.6. The van der Waals surface area contributed by atoms with Gasteiger partial charge in [0.2, 0.25) is 0 Å². The van der Waals surface area contributed by atoms with E-state index in [0.717, 1.165) is 39.5 Å². The number of benzene rings is 8. The molecule has 8 aromatic carbocycles. The van der Waals surface area contributed by atoms with Crippen LogP contribution in [0.2, 0.25) is 0 Å². The van der Waals surface area contributed by atoms with Crippen molar-refractivity contribution in [1.82, 2.24) is 9.97 Å². The first kappa shape index (κ1) is 34.7. The Morgan fingerprint density at radius 2 is 0.800 bits per heavy atom. The minimum Gasteiger partial charge on any atom is -0.310 e. The lowest BCUT2D eigenvalue weighted by molar-refractivity contribution is 0.632. The van der Waals surface area contributed by atoms with Crippen LogP contribution in [-0.4, -0.2) is 9.97 Å². The molecule has 0 amide bonds. The number of para-hydroxylation sites is 4. The zero-order valence-corrected chi connectivity index (χ0v) is 34.1. The average Bonchev–Trinajstić information content (AvgIpc) is 3.61. The molecule has 0 unspecified atom stereocenters. The van der Waals surface area contributed by atoms with E-state index in [2.05, 4.69) is 207 Å². The third kappa shape index (κ3) is 4.79. The highest BCUT2D eigenvalue weighted by atomic mass is 15.2. The van der Waals surface area contributed by atoms with Gasteiger partial charge in [0.1, 0.15) is 0 Å². The Labute approximate surface area is 351 Å². The molecule has 1 aliphatic carbocycles. The fourth-order valence-electron chi connectivity index (χ4n) is 10.6. The maximum Gasteiger partial charge on any atom is 0.0972 e. The first-order valence-corrected chi connectivity index (χ1v) is 20.9. The molecule has 0 bridgehead atoms. The van der Waals surface area contributed by atoms with Crippen LogP contribution in [0.5, 0.6) is 0 Å². The Bertz CT molecular complexity index is 3110. The van der Waals surface area contributed by atoms with Crippen LogP contribution in [0.1, 0.15) is 49.9 Å². The van der Waals surface area contributed by atoms with Crippen molar-refractivity contribution < 1.29 is 0 Å². The highest BCUT2D eigenvalue weighted by Crippen LogP contribution is 2.55. The second-order valence-corrected chi connectivity index (χ2v) is 17.4. The van der Waals surface area contributed by atoms with Gasteiger partial charge in [0.05, 0.1) is 34.1 Å². The Morgan fingerprint density at radius 3 is 1.27 bits per heavy atom. The molecule has 60 heavy (non-hydrogen) atoms. The number of rotatable bonds is 4. The molecule has 286 valence electrons. The van der Waals surface area contributed by atoms with Crippen molar-refractivity contribution in [3.8, 4) is 44.8 Å². The molecule has 3 aliphatic rings. The lowest BCUT2D eigenvalue weighted by Gasteiger charge is -2.42.